The molecule has 0 N–H and O–H groups in total. The number of hydrogen-bond acceptors (Lipinski definition) is 4. The minimum Gasteiger partial charge on any atom is -0.484 e. The van der Waals surface area contributed by atoms with Crippen molar-refractivity contribution >= 4 is 11.9 Å². The minimum absolute atomic E-state index is 0.000666. The van der Waals surface area contributed by atoms with Gasteiger partial charge in [-0.3, -0.25) is 4.79 Å². The Morgan fingerprint density at radius 1 is 1.21 bits per heavy atom. The zero-order valence-electron chi connectivity index (χ0n) is 10.9. The Kier molecular flexibility index (Phi) is 4.39. The van der Waals surface area contributed by atoms with Crippen molar-refractivity contribution in [2.75, 3.05) is 26.3 Å². The van der Waals surface area contributed by atoms with E-state index in [0.717, 1.165) is 19.5 Å². The highest BCUT2D eigenvalue weighted by Crippen LogP contribution is 2.14. The van der Waals surface area contributed by atoms with Crippen molar-refractivity contribution in [2.24, 2.45) is 0 Å². The first-order chi connectivity index (χ1) is 9.20. The lowest BCUT2D eigenvalue weighted by molar-refractivity contribution is -0.136. The molecule has 1 heterocycles. The first kappa shape index (κ1) is 13.4. The zero-order valence-corrected chi connectivity index (χ0v) is 10.9. The summed E-state index contributed by atoms with van der Waals surface area (Å²) in [6.07, 6.45) is 1.07. The lowest BCUT2D eigenvalue weighted by atomic mass is 10.2. The number of nitrogens with zero attached hydrogens (tertiary/aromatic N) is 1. The number of carbonyl (C=O) groups is 2. The van der Waals surface area contributed by atoms with Crippen molar-refractivity contribution in [3.8, 4) is 5.75 Å². The Hall–Kier alpha value is -2.04. The Balaban J connectivity index is 1.84. The molecule has 19 heavy (non-hydrogen) atoms. The van der Waals surface area contributed by atoms with Gasteiger partial charge in [0.15, 0.2) is 6.61 Å². The van der Waals surface area contributed by atoms with Crippen LogP contribution < -0.4 is 4.74 Å². The maximum Gasteiger partial charge on any atom is 0.338 e. The van der Waals surface area contributed by atoms with Gasteiger partial charge >= 0.3 is 5.97 Å². The molecular formula is C14H17NO4. The van der Waals surface area contributed by atoms with Crippen LogP contribution >= 0.6 is 0 Å². The molecule has 0 aliphatic carbocycles. The van der Waals surface area contributed by atoms with Gasteiger partial charge in [0, 0.05) is 13.1 Å². The number of likely N-dealkylation sites (tertiary alicyclic amines) is 1. The first-order valence-corrected chi connectivity index (χ1v) is 6.38. The van der Waals surface area contributed by atoms with Gasteiger partial charge in [-0.25, -0.2) is 4.79 Å². The second-order valence-corrected chi connectivity index (χ2v) is 4.27. The van der Waals surface area contributed by atoms with Crippen LogP contribution in [0, 0.1) is 0 Å². The highest BCUT2D eigenvalue weighted by molar-refractivity contribution is 5.89. The smallest absolute Gasteiger partial charge is 0.338 e. The molecular weight excluding hydrogens is 246 g/mol. The van der Waals surface area contributed by atoms with Gasteiger partial charge in [0.05, 0.1) is 12.2 Å². The average Bonchev–Trinajstić information content (AvgIpc) is 2.35. The van der Waals surface area contributed by atoms with Gasteiger partial charge in [0.2, 0.25) is 0 Å². The highest BCUT2D eigenvalue weighted by atomic mass is 16.5. The monoisotopic (exact) mass is 263 g/mol. The summed E-state index contributed by atoms with van der Waals surface area (Å²) in [6.45, 7) is 3.80. The molecule has 0 unspecified atom stereocenters. The van der Waals surface area contributed by atoms with Crippen LogP contribution in [-0.2, 0) is 9.53 Å². The summed E-state index contributed by atoms with van der Waals surface area (Å²) in [4.78, 5) is 24.8. The third kappa shape index (κ3) is 3.47. The van der Waals surface area contributed by atoms with Crippen LogP contribution in [0.15, 0.2) is 24.3 Å². The molecule has 0 spiro atoms. The van der Waals surface area contributed by atoms with E-state index in [4.69, 9.17) is 9.47 Å². The van der Waals surface area contributed by atoms with Crippen molar-refractivity contribution in [3.05, 3.63) is 29.8 Å². The minimum atomic E-state index is -0.356. The molecule has 0 bridgehead atoms. The predicted octanol–water partition coefficient (Wildman–Crippen LogP) is 1.47. The summed E-state index contributed by atoms with van der Waals surface area (Å²) in [5, 5.41) is 0. The molecule has 0 aromatic heterocycles. The van der Waals surface area contributed by atoms with E-state index in [1.807, 2.05) is 0 Å². The third-order valence-electron chi connectivity index (χ3n) is 2.94. The van der Waals surface area contributed by atoms with Crippen molar-refractivity contribution in [1.29, 1.82) is 0 Å². The number of rotatable bonds is 5. The topological polar surface area (TPSA) is 55.8 Å². The highest BCUT2D eigenvalue weighted by Gasteiger charge is 2.20. The van der Waals surface area contributed by atoms with Gasteiger partial charge < -0.3 is 14.4 Å². The molecule has 0 saturated carbocycles. The largest absolute Gasteiger partial charge is 0.484 e. The normalized spacial score (nSPS) is 13.6. The van der Waals surface area contributed by atoms with E-state index in [-0.39, 0.29) is 18.5 Å². The van der Waals surface area contributed by atoms with Crippen LogP contribution in [0.2, 0.25) is 0 Å². The van der Waals surface area contributed by atoms with Gasteiger partial charge in [0.25, 0.3) is 5.91 Å². The van der Waals surface area contributed by atoms with Gasteiger partial charge in [-0.1, -0.05) is 0 Å². The van der Waals surface area contributed by atoms with Crippen molar-refractivity contribution in [2.45, 2.75) is 13.3 Å². The quantitative estimate of drug-likeness (QED) is 0.755. The van der Waals surface area contributed by atoms with E-state index >= 15 is 0 Å². The molecule has 1 amide bonds. The summed E-state index contributed by atoms with van der Waals surface area (Å²) in [7, 11) is 0. The average molecular weight is 263 g/mol. The Morgan fingerprint density at radius 3 is 2.42 bits per heavy atom. The van der Waals surface area contributed by atoms with Crippen molar-refractivity contribution < 1.29 is 19.1 Å². The van der Waals surface area contributed by atoms with Gasteiger partial charge in [-0.15, -0.1) is 0 Å². The van der Waals surface area contributed by atoms with E-state index in [2.05, 4.69) is 0 Å². The van der Waals surface area contributed by atoms with Crippen LogP contribution in [0.4, 0.5) is 0 Å². The van der Waals surface area contributed by atoms with Gasteiger partial charge in [0.1, 0.15) is 5.75 Å². The molecule has 1 fully saturated rings. The summed E-state index contributed by atoms with van der Waals surface area (Å²) in [5.41, 5.74) is 0.475. The fourth-order valence-corrected chi connectivity index (χ4v) is 1.70. The number of esters is 1. The lowest BCUT2D eigenvalue weighted by Gasteiger charge is -2.30. The summed E-state index contributed by atoms with van der Waals surface area (Å²) in [5.74, 6) is 0.216. The van der Waals surface area contributed by atoms with Crippen molar-refractivity contribution in [1.82, 2.24) is 4.90 Å². The third-order valence-corrected chi connectivity index (χ3v) is 2.94. The van der Waals surface area contributed by atoms with Crippen molar-refractivity contribution in [3.63, 3.8) is 0 Å². The zero-order chi connectivity index (χ0) is 13.7. The Bertz CT molecular complexity index is 451. The van der Waals surface area contributed by atoms with Gasteiger partial charge in [-0.05, 0) is 37.6 Å². The summed E-state index contributed by atoms with van der Waals surface area (Å²) >= 11 is 0. The van der Waals surface area contributed by atoms with Crippen LogP contribution in [0.5, 0.6) is 5.75 Å². The Labute approximate surface area is 112 Å². The van der Waals surface area contributed by atoms with Crippen LogP contribution in [-0.4, -0.2) is 43.1 Å². The van der Waals surface area contributed by atoms with Gasteiger partial charge in [-0.2, -0.15) is 0 Å². The summed E-state index contributed by atoms with van der Waals surface area (Å²) < 4.78 is 10.3. The second kappa shape index (κ2) is 6.22. The first-order valence-electron chi connectivity index (χ1n) is 6.38. The maximum absolute atomic E-state index is 11.6. The van der Waals surface area contributed by atoms with E-state index in [1.165, 1.54) is 0 Å². The molecule has 1 saturated heterocycles. The van der Waals surface area contributed by atoms with Crippen LogP contribution in [0.25, 0.3) is 0 Å². The van der Waals surface area contributed by atoms with Crippen LogP contribution in [0.1, 0.15) is 23.7 Å². The molecule has 1 aromatic rings. The maximum atomic E-state index is 11.6. The Morgan fingerprint density at radius 2 is 1.89 bits per heavy atom. The molecule has 1 aliphatic rings. The number of benzene rings is 1. The molecule has 5 nitrogen and oxygen atoms in total. The number of hydrogen-bond donors (Lipinski definition) is 0. The fraction of sp³-hybridized carbons (Fsp3) is 0.429. The number of carbonyl (C=O) groups excluding carboxylic acids is 2. The van der Waals surface area contributed by atoms with E-state index in [1.54, 1.807) is 36.1 Å². The van der Waals surface area contributed by atoms with E-state index in [0.29, 0.717) is 17.9 Å². The molecule has 0 radical (unpaired) electrons. The molecule has 1 aliphatic heterocycles. The predicted molar refractivity (Wildman–Crippen MR) is 69.1 cm³/mol. The lowest BCUT2D eigenvalue weighted by Crippen LogP contribution is -2.44. The SMILES string of the molecule is CCOC(=O)c1ccc(OCC(=O)N2CCC2)cc1. The number of ether oxygens (including phenoxy) is 2. The van der Waals surface area contributed by atoms with E-state index < -0.39 is 0 Å². The number of amides is 1. The standard InChI is InChI=1S/C14H17NO4/c1-2-18-14(17)11-4-6-12(7-5-11)19-10-13(16)15-8-3-9-15/h4-7H,2-3,8-10H2,1H3. The second-order valence-electron chi connectivity index (χ2n) is 4.27. The fourth-order valence-electron chi connectivity index (χ4n) is 1.70. The molecule has 0 atom stereocenters. The molecule has 2 rings (SSSR count). The summed E-state index contributed by atoms with van der Waals surface area (Å²) in [6, 6.07) is 6.58. The molecule has 1 aromatic carbocycles. The van der Waals surface area contributed by atoms with E-state index in [9.17, 15) is 9.59 Å². The molecule has 102 valence electrons. The molecule has 5 heteroatoms. The van der Waals surface area contributed by atoms with Crippen LogP contribution in [0.3, 0.4) is 0 Å².